The number of allylic oxidation sites excluding steroid dienone is 1. The first-order valence-corrected chi connectivity index (χ1v) is 10.5. The third kappa shape index (κ3) is 5.28. The Balaban J connectivity index is 1.43. The second-order valence-corrected chi connectivity index (χ2v) is 8.01. The van der Waals surface area contributed by atoms with Gasteiger partial charge in [0.15, 0.2) is 5.78 Å². The first kappa shape index (κ1) is 22.7. The van der Waals surface area contributed by atoms with Crippen LogP contribution in [0.15, 0.2) is 60.7 Å². The molecule has 1 aliphatic heterocycles. The highest BCUT2D eigenvalue weighted by Gasteiger charge is 2.30. The summed E-state index contributed by atoms with van der Waals surface area (Å²) in [4.78, 5) is 33.4. The molecule has 1 aliphatic rings. The summed E-state index contributed by atoms with van der Waals surface area (Å²) in [5, 5.41) is 0.369. The summed E-state index contributed by atoms with van der Waals surface area (Å²) in [6, 6.07) is 13.0. The minimum absolute atomic E-state index is 0.0494. The molecule has 0 atom stereocenters. The van der Waals surface area contributed by atoms with Crippen molar-refractivity contribution >= 4 is 28.7 Å². The molecule has 4 rings (SSSR count). The van der Waals surface area contributed by atoms with Crippen molar-refractivity contribution in [3.05, 3.63) is 83.1 Å². The number of hydrogen-bond acceptors (Lipinski definition) is 4. The van der Waals surface area contributed by atoms with E-state index in [4.69, 9.17) is 0 Å². The van der Waals surface area contributed by atoms with Gasteiger partial charge in [0.2, 0.25) is 0 Å². The lowest BCUT2D eigenvalue weighted by Crippen LogP contribution is -2.47. The molecule has 8 heteroatoms. The lowest BCUT2D eigenvalue weighted by molar-refractivity contribution is -0.137. The van der Waals surface area contributed by atoms with Gasteiger partial charge in [0.25, 0.3) is 5.91 Å². The fourth-order valence-corrected chi connectivity index (χ4v) is 3.64. The molecule has 0 radical (unpaired) electrons. The average Bonchev–Trinajstić information content (AvgIpc) is 2.81. The molecular formula is C25H22F3N3O2. The highest BCUT2D eigenvalue weighted by Crippen LogP contribution is 2.31. The fourth-order valence-electron chi connectivity index (χ4n) is 3.64. The number of likely N-dealkylation sites (N-methyl/N-ethyl adjacent to an activating group) is 1. The number of carbonyl (C=O) groups excluding carboxylic acids is 2. The average molecular weight is 453 g/mol. The largest absolute Gasteiger partial charge is 0.416 e. The van der Waals surface area contributed by atoms with Crippen molar-refractivity contribution in [2.24, 2.45) is 0 Å². The normalized spacial score (nSPS) is 15.3. The van der Waals surface area contributed by atoms with Crippen LogP contribution in [0.25, 0.3) is 17.0 Å². The summed E-state index contributed by atoms with van der Waals surface area (Å²) in [7, 11) is 2.02. The smallest absolute Gasteiger partial charge is 0.336 e. The van der Waals surface area contributed by atoms with Gasteiger partial charge in [-0.2, -0.15) is 13.2 Å². The van der Waals surface area contributed by atoms with Gasteiger partial charge < -0.3 is 9.80 Å². The molecule has 1 fully saturated rings. The van der Waals surface area contributed by atoms with Crippen LogP contribution in [0.5, 0.6) is 0 Å². The Labute approximate surface area is 189 Å². The monoisotopic (exact) mass is 453 g/mol. The Hall–Kier alpha value is -3.52. The van der Waals surface area contributed by atoms with Gasteiger partial charge in [-0.15, -0.1) is 0 Å². The minimum Gasteiger partial charge on any atom is -0.336 e. The highest BCUT2D eigenvalue weighted by molar-refractivity contribution is 6.07. The van der Waals surface area contributed by atoms with Crippen LogP contribution in [0.2, 0.25) is 0 Å². The van der Waals surface area contributed by atoms with E-state index in [1.165, 1.54) is 18.2 Å². The molecule has 0 saturated carbocycles. The van der Waals surface area contributed by atoms with Gasteiger partial charge in [-0.05, 0) is 55.6 Å². The van der Waals surface area contributed by atoms with Gasteiger partial charge in [0.05, 0.1) is 16.8 Å². The SMILES string of the molecule is CN1CCN(C(=O)c2ccc(C(=O)C=Cc3ccc4cc(C(F)(F)F)ccc4n3)cc2)CC1. The molecule has 2 aromatic carbocycles. The summed E-state index contributed by atoms with van der Waals surface area (Å²) in [6.07, 6.45) is -1.54. The Morgan fingerprint density at radius 2 is 1.58 bits per heavy atom. The third-order valence-corrected chi connectivity index (χ3v) is 5.65. The van der Waals surface area contributed by atoms with E-state index in [0.29, 0.717) is 40.8 Å². The Kier molecular flexibility index (Phi) is 6.29. The third-order valence-electron chi connectivity index (χ3n) is 5.65. The van der Waals surface area contributed by atoms with E-state index in [-0.39, 0.29) is 11.7 Å². The summed E-state index contributed by atoms with van der Waals surface area (Å²) in [5.74, 6) is -0.311. The summed E-state index contributed by atoms with van der Waals surface area (Å²) in [5.41, 5.74) is 1.10. The molecular weight excluding hydrogens is 431 g/mol. The van der Waals surface area contributed by atoms with Crippen LogP contribution in [0.3, 0.4) is 0 Å². The molecule has 0 spiro atoms. The molecule has 1 amide bonds. The molecule has 0 unspecified atom stereocenters. The topological polar surface area (TPSA) is 53.5 Å². The molecule has 2 heterocycles. The van der Waals surface area contributed by atoms with E-state index in [2.05, 4.69) is 9.88 Å². The van der Waals surface area contributed by atoms with E-state index in [1.807, 2.05) is 7.05 Å². The number of nitrogens with zero attached hydrogens (tertiary/aromatic N) is 3. The van der Waals surface area contributed by atoms with Gasteiger partial charge in [-0.25, -0.2) is 4.98 Å². The Morgan fingerprint density at radius 1 is 0.909 bits per heavy atom. The maximum atomic E-state index is 12.9. The second-order valence-electron chi connectivity index (χ2n) is 8.01. The van der Waals surface area contributed by atoms with Crippen LogP contribution in [0.1, 0.15) is 32.0 Å². The van der Waals surface area contributed by atoms with Crippen molar-refractivity contribution < 1.29 is 22.8 Å². The maximum Gasteiger partial charge on any atom is 0.416 e. The molecule has 33 heavy (non-hydrogen) atoms. The number of hydrogen-bond donors (Lipinski definition) is 0. The van der Waals surface area contributed by atoms with Gasteiger partial charge in [0.1, 0.15) is 0 Å². The van der Waals surface area contributed by atoms with Crippen LogP contribution in [-0.4, -0.2) is 59.7 Å². The molecule has 170 valence electrons. The van der Waals surface area contributed by atoms with Crippen LogP contribution in [-0.2, 0) is 6.18 Å². The fraction of sp³-hybridized carbons (Fsp3) is 0.240. The molecule has 3 aromatic rings. The lowest BCUT2D eigenvalue weighted by atomic mass is 10.1. The zero-order chi connectivity index (χ0) is 23.6. The van der Waals surface area contributed by atoms with Crippen LogP contribution < -0.4 is 0 Å². The lowest BCUT2D eigenvalue weighted by Gasteiger charge is -2.32. The number of carbonyl (C=O) groups is 2. The first-order valence-electron chi connectivity index (χ1n) is 10.5. The van der Waals surface area contributed by atoms with Crippen LogP contribution in [0, 0.1) is 0 Å². The van der Waals surface area contributed by atoms with Gasteiger partial charge in [-0.3, -0.25) is 9.59 Å². The predicted octanol–water partition coefficient (Wildman–Crippen LogP) is 4.54. The van der Waals surface area contributed by atoms with E-state index in [1.54, 1.807) is 41.3 Å². The Bertz CT molecular complexity index is 1210. The number of benzene rings is 2. The number of alkyl halides is 3. The molecule has 0 N–H and O–H groups in total. The second kappa shape index (κ2) is 9.15. The number of amides is 1. The first-order chi connectivity index (χ1) is 15.7. The van der Waals surface area contributed by atoms with E-state index in [0.717, 1.165) is 25.2 Å². The van der Waals surface area contributed by atoms with Crippen molar-refractivity contribution in [2.75, 3.05) is 33.2 Å². The van der Waals surface area contributed by atoms with E-state index >= 15 is 0 Å². The standard InChI is InChI=1S/C25H22F3N3O2/c1-30-12-14-31(15-13-30)24(33)18-4-2-17(3-5-18)23(32)11-9-21-8-6-19-16-20(25(26,27)28)7-10-22(19)29-21/h2-11,16H,12-15H2,1H3. The van der Waals surface area contributed by atoms with Gasteiger partial charge in [-0.1, -0.05) is 18.2 Å². The van der Waals surface area contributed by atoms with Crippen molar-refractivity contribution in [1.82, 2.24) is 14.8 Å². The molecule has 1 saturated heterocycles. The number of piperazine rings is 1. The van der Waals surface area contributed by atoms with Crippen molar-refractivity contribution in [1.29, 1.82) is 0 Å². The number of aromatic nitrogens is 1. The quantitative estimate of drug-likeness (QED) is 0.430. The van der Waals surface area contributed by atoms with Crippen molar-refractivity contribution in [2.45, 2.75) is 6.18 Å². The summed E-state index contributed by atoms with van der Waals surface area (Å²) in [6.45, 7) is 3.02. The number of ketones is 1. The number of pyridine rings is 1. The van der Waals surface area contributed by atoms with Crippen molar-refractivity contribution in [3.63, 3.8) is 0 Å². The maximum absolute atomic E-state index is 12.9. The number of halogens is 3. The van der Waals surface area contributed by atoms with Gasteiger partial charge in [0, 0.05) is 42.7 Å². The van der Waals surface area contributed by atoms with Gasteiger partial charge >= 0.3 is 6.18 Å². The predicted molar refractivity (Wildman–Crippen MR) is 120 cm³/mol. The number of fused-ring (bicyclic) bond motifs is 1. The minimum atomic E-state index is -4.41. The molecule has 0 bridgehead atoms. The molecule has 1 aromatic heterocycles. The van der Waals surface area contributed by atoms with E-state index < -0.39 is 11.7 Å². The van der Waals surface area contributed by atoms with Crippen molar-refractivity contribution in [3.8, 4) is 0 Å². The van der Waals surface area contributed by atoms with Crippen LogP contribution >= 0.6 is 0 Å². The summed E-state index contributed by atoms with van der Waals surface area (Å²) >= 11 is 0. The zero-order valence-electron chi connectivity index (χ0n) is 18.0. The highest BCUT2D eigenvalue weighted by atomic mass is 19.4. The molecule has 5 nitrogen and oxygen atoms in total. The van der Waals surface area contributed by atoms with Crippen LogP contribution in [0.4, 0.5) is 13.2 Å². The zero-order valence-corrected chi connectivity index (χ0v) is 18.0. The Morgan fingerprint density at radius 3 is 2.24 bits per heavy atom. The molecule has 0 aliphatic carbocycles. The summed E-state index contributed by atoms with van der Waals surface area (Å²) < 4.78 is 38.6. The van der Waals surface area contributed by atoms with E-state index in [9.17, 15) is 22.8 Å². The number of rotatable bonds is 4.